The van der Waals surface area contributed by atoms with E-state index in [-0.39, 0.29) is 5.97 Å². The van der Waals surface area contributed by atoms with Gasteiger partial charge in [-0.2, -0.15) is 5.10 Å². The number of nitrogens with zero attached hydrogens (tertiary/aromatic N) is 2. The fourth-order valence-corrected chi connectivity index (χ4v) is 2.70. The Hall–Kier alpha value is -2.69. The van der Waals surface area contributed by atoms with E-state index in [1.165, 1.54) is 20.0 Å². The number of hydrogen-bond acceptors (Lipinski definition) is 3. The van der Waals surface area contributed by atoms with Crippen LogP contribution in [0.4, 0.5) is 0 Å². The number of aromatic nitrogens is 3. The van der Waals surface area contributed by atoms with Crippen LogP contribution in [0.5, 0.6) is 0 Å². The minimum Gasteiger partial charge on any atom is -0.465 e. The quantitative estimate of drug-likeness (QED) is 0.597. The third-order valence-electron chi connectivity index (χ3n) is 4.00. The van der Waals surface area contributed by atoms with Crippen molar-refractivity contribution in [1.29, 1.82) is 0 Å². The average molecular weight is 294 g/mol. The molecule has 0 spiro atoms. The number of methoxy groups -OCH3 is 1. The maximum Gasteiger partial charge on any atom is 0.337 e. The molecule has 1 saturated carbocycles. The van der Waals surface area contributed by atoms with Gasteiger partial charge in [0, 0.05) is 24.3 Å². The molecule has 0 atom stereocenters. The predicted octanol–water partition coefficient (Wildman–Crippen LogP) is 2.64. The number of esters is 1. The maximum atomic E-state index is 11.6. The van der Waals surface area contributed by atoms with Gasteiger partial charge in [0.2, 0.25) is 0 Å². The van der Waals surface area contributed by atoms with Crippen molar-refractivity contribution in [2.24, 2.45) is 0 Å². The van der Waals surface area contributed by atoms with E-state index in [0.29, 0.717) is 11.6 Å². The first-order valence-corrected chi connectivity index (χ1v) is 7.35. The van der Waals surface area contributed by atoms with E-state index in [2.05, 4.69) is 15.8 Å². The topological polar surface area (TPSA) is 58.9 Å². The van der Waals surface area contributed by atoms with Crippen molar-refractivity contribution in [2.45, 2.75) is 18.9 Å². The van der Waals surface area contributed by atoms with Gasteiger partial charge in [0.25, 0.3) is 5.69 Å². The van der Waals surface area contributed by atoms with E-state index in [0.717, 1.165) is 22.3 Å². The second-order valence-electron chi connectivity index (χ2n) is 5.54. The number of hydrogen-bond donors (Lipinski definition) is 1. The third-order valence-corrected chi connectivity index (χ3v) is 4.00. The maximum absolute atomic E-state index is 11.6. The summed E-state index contributed by atoms with van der Waals surface area (Å²) in [7, 11) is 1.39. The molecule has 1 aliphatic carbocycles. The average Bonchev–Trinajstić information content (AvgIpc) is 3.30. The van der Waals surface area contributed by atoms with Crippen LogP contribution >= 0.6 is 0 Å². The summed E-state index contributed by atoms with van der Waals surface area (Å²) in [5, 5.41) is 4.19. The summed E-state index contributed by atoms with van der Waals surface area (Å²) in [4.78, 5) is 16.3. The number of rotatable bonds is 3. The van der Waals surface area contributed by atoms with Gasteiger partial charge < -0.3 is 4.74 Å². The molecule has 5 heteroatoms. The van der Waals surface area contributed by atoms with Gasteiger partial charge in [0.05, 0.1) is 24.4 Å². The number of fused-ring (bicyclic) bond motifs is 1. The number of H-pyrrole nitrogens is 1. The highest BCUT2D eigenvalue weighted by molar-refractivity contribution is 5.94. The fraction of sp³-hybridized carbons (Fsp3) is 0.235. The Balaban J connectivity index is 1.77. The zero-order valence-corrected chi connectivity index (χ0v) is 12.2. The molecule has 0 amide bonds. The van der Waals surface area contributed by atoms with Gasteiger partial charge in [-0.15, -0.1) is 4.68 Å². The standard InChI is InChI=1S/C17H15N3O2/c1-22-17(21)12-3-6-14-11(10-12)2-7-15(19-14)16-8-9-18-20(16)13-4-5-13/h2-3,6-10,13H,4-5H2,1H3/p+1. The van der Waals surface area contributed by atoms with Crippen molar-refractivity contribution in [1.82, 2.24) is 10.1 Å². The number of carbonyl (C=O) groups excluding carboxylic acids is 1. The van der Waals surface area contributed by atoms with Crippen molar-refractivity contribution >= 4 is 16.9 Å². The first-order chi connectivity index (χ1) is 10.8. The zero-order chi connectivity index (χ0) is 15.1. The van der Waals surface area contributed by atoms with E-state index >= 15 is 0 Å². The fourth-order valence-electron chi connectivity index (χ4n) is 2.70. The van der Waals surface area contributed by atoms with Crippen molar-refractivity contribution in [3.8, 4) is 11.4 Å². The normalized spacial score (nSPS) is 14.2. The van der Waals surface area contributed by atoms with Crippen LogP contribution in [0.3, 0.4) is 0 Å². The van der Waals surface area contributed by atoms with E-state index in [1.807, 2.05) is 30.5 Å². The van der Waals surface area contributed by atoms with Crippen LogP contribution in [0.15, 0.2) is 42.6 Å². The molecule has 0 saturated heterocycles. The first-order valence-electron chi connectivity index (χ1n) is 7.35. The molecular weight excluding hydrogens is 278 g/mol. The lowest BCUT2D eigenvalue weighted by Gasteiger charge is -2.03. The van der Waals surface area contributed by atoms with E-state index in [1.54, 1.807) is 6.07 Å². The minimum atomic E-state index is -0.330. The molecule has 0 radical (unpaired) electrons. The molecule has 3 aromatic rings. The van der Waals surface area contributed by atoms with Crippen LogP contribution in [0, 0.1) is 0 Å². The Kier molecular flexibility index (Phi) is 2.92. The molecule has 1 N–H and O–H groups in total. The summed E-state index contributed by atoms with van der Waals surface area (Å²) in [6.45, 7) is 0. The number of nitrogens with one attached hydrogen (secondary N) is 1. The third kappa shape index (κ3) is 2.15. The second-order valence-corrected chi connectivity index (χ2v) is 5.54. The Morgan fingerprint density at radius 3 is 2.91 bits per heavy atom. The molecule has 0 bridgehead atoms. The van der Waals surface area contributed by atoms with Gasteiger partial charge in [0.1, 0.15) is 5.69 Å². The van der Waals surface area contributed by atoms with Crippen molar-refractivity contribution in [3.05, 3.63) is 48.2 Å². The Labute approximate surface area is 127 Å². The second kappa shape index (κ2) is 4.94. The molecular formula is C17H16N3O2+. The predicted molar refractivity (Wildman–Crippen MR) is 81.3 cm³/mol. The summed E-state index contributed by atoms with van der Waals surface area (Å²) in [6.07, 6.45) is 4.38. The minimum absolute atomic E-state index is 0.330. The lowest BCUT2D eigenvalue weighted by Crippen LogP contribution is -2.36. The van der Waals surface area contributed by atoms with Gasteiger partial charge in [-0.1, -0.05) is 6.07 Å². The summed E-state index contributed by atoms with van der Waals surface area (Å²) < 4.78 is 6.93. The van der Waals surface area contributed by atoms with Crippen LogP contribution in [-0.4, -0.2) is 23.2 Å². The molecule has 22 heavy (non-hydrogen) atoms. The molecule has 1 aliphatic rings. The molecule has 110 valence electrons. The van der Waals surface area contributed by atoms with Crippen LogP contribution in [0.1, 0.15) is 29.2 Å². The molecule has 2 aromatic heterocycles. The molecule has 4 rings (SSSR count). The van der Waals surface area contributed by atoms with Crippen LogP contribution in [-0.2, 0) is 4.74 Å². The van der Waals surface area contributed by atoms with Crippen molar-refractivity contribution in [2.75, 3.05) is 7.11 Å². The molecule has 5 nitrogen and oxygen atoms in total. The smallest absolute Gasteiger partial charge is 0.337 e. The number of pyridine rings is 1. The van der Waals surface area contributed by atoms with Crippen molar-refractivity contribution < 1.29 is 14.2 Å². The van der Waals surface area contributed by atoms with Gasteiger partial charge in [-0.3, -0.25) is 0 Å². The SMILES string of the molecule is COC(=O)c1ccc2nc(-c3cc[nH][n+]3C3CC3)ccc2c1. The molecule has 2 heterocycles. The summed E-state index contributed by atoms with van der Waals surface area (Å²) in [6, 6.07) is 12.0. The Bertz CT molecular complexity index is 865. The van der Waals surface area contributed by atoms with Gasteiger partial charge in [-0.25, -0.2) is 9.78 Å². The van der Waals surface area contributed by atoms with Crippen LogP contribution in [0.2, 0.25) is 0 Å². The van der Waals surface area contributed by atoms with Crippen molar-refractivity contribution in [3.63, 3.8) is 0 Å². The van der Waals surface area contributed by atoms with E-state index < -0.39 is 0 Å². The highest BCUT2D eigenvalue weighted by Gasteiger charge is 2.36. The van der Waals surface area contributed by atoms with Crippen LogP contribution in [0.25, 0.3) is 22.3 Å². The lowest BCUT2D eigenvalue weighted by atomic mass is 10.1. The lowest BCUT2D eigenvalue weighted by molar-refractivity contribution is -0.743. The van der Waals surface area contributed by atoms with E-state index in [9.17, 15) is 4.79 Å². The van der Waals surface area contributed by atoms with Gasteiger partial charge >= 0.3 is 5.97 Å². The molecule has 1 fully saturated rings. The monoisotopic (exact) mass is 294 g/mol. The number of benzene rings is 1. The largest absolute Gasteiger partial charge is 0.465 e. The first kappa shape index (κ1) is 13.0. The highest BCUT2D eigenvalue weighted by Crippen LogP contribution is 2.31. The van der Waals surface area contributed by atoms with Gasteiger partial charge in [0.15, 0.2) is 6.04 Å². The van der Waals surface area contributed by atoms with Gasteiger partial charge in [-0.05, 0) is 24.3 Å². The summed E-state index contributed by atoms with van der Waals surface area (Å²) >= 11 is 0. The Morgan fingerprint density at radius 2 is 2.14 bits per heavy atom. The number of aromatic amines is 1. The molecule has 0 unspecified atom stereocenters. The van der Waals surface area contributed by atoms with Crippen LogP contribution < -0.4 is 4.68 Å². The summed E-state index contributed by atoms with van der Waals surface area (Å²) in [5.41, 5.74) is 3.45. The van der Waals surface area contributed by atoms with E-state index in [4.69, 9.17) is 9.72 Å². The number of ether oxygens (including phenoxy) is 1. The highest BCUT2D eigenvalue weighted by atomic mass is 16.5. The molecule has 0 aliphatic heterocycles. The summed E-state index contributed by atoms with van der Waals surface area (Å²) in [5.74, 6) is -0.330. The number of carbonyl (C=O) groups is 1. The molecule has 1 aromatic carbocycles. The Morgan fingerprint density at radius 1 is 1.27 bits per heavy atom. The zero-order valence-electron chi connectivity index (χ0n) is 12.2.